The SMILES string of the molecule is FC(F)=C(F)C(OC(C(F)=C(F)F)(C(F)=C(F)F)C(F)(F)C(F)(F)C(F)(F)F)(C(F)=C(F)F)C(F)(F)C(F)(F)C(F)(F)F. The van der Waals surface area contributed by atoms with Gasteiger partial charge in [-0.2, -0.15) is 96.6 Å². The summed E-state index contributed by atoms with van der Waals surface area (Å²) in [6.45, 7) is 0. The minimum atomic E-state index is -9.16. The van der Waals surface area contributed by atoms with Gasteiger partial charge in [-0.3, -0.25) is 0 Å². The van der Waals surface area contributed by atoms with Crippen LogP contribution in [0.2, 0.25) is 0 Å². The second kappa shape index (κ2) is 11.6. The number of ether oxygens (including phenoxy) is 1. The molecule has 0 amide bonds. The summed E-state index contributed by atoms with van der Waals surface area (Å²) in [5.74, 6) is -59.2. The van der Waals surface area contributed by atoms with Crippen LogP contribution in [0.3, 0.4) is 0 Å². The van der Waals surface area contributed by atoms with E-state index in [4.69, 9.17) is 0 Å². The van der Waals surface area contributed by atoms with Crippen molar-refractivity contribution in [1.29, 1.82) is 0 Å². The highest BCUT2D eigenvalue weighted by atomic mass is 19.4. The second-order valence-electron chi connectivity index (χ2n) is 7.06. The Bertz CT molecular complexity index is 1040. The van der Waals surface area contributed by atoms with Crippen molar-refractivity contribution in [2.45, 2.75) is 47.2 Å². The summed E-state index contributed by atoms with van der Waals surface area (Å²) in [6, 6.07) is 0. The van der Waals surface area contributed by atoms with Crippen molar-refractivity contribution >= 4 is 0 Å². The first-order valence-corrected chi connectivity index (χ1v) is 8.82. The van der Waals surface area contributed by atoms with Gasteiger partial charge in [-0.25, -0.2) is 17.6 Å². The normalized spacial score (nSPS) is 14.4. The van der Waals surface area contributed by atoms with E-state index in [2.05, 4.69) is 0 Å². The molecule has 0 heterocycles. The number of halogens is 26. The monoisotopic (exact) mass is 702 g/mol. The lowest BCUT2D eigenvalue weighted by Crippen LogP contribution is -2.73. The van der Waals surface area contributed by atoms with Gasteiger partial charge in [0.25, 0.3) is 11.2 Å². The van der Waals surface area contributed by atoms with Crippen LogP contribution in [0.5, 0.6) is 0 Å². The van der Waals surface area contributed by atoms with Crippen molar-refractivity contribution < 1.29 is 119 Å². The van der Waals surface area contributed by atoms with Crippen LogP contribution in [0.25, 0.3) is 0 Å². The van der Waals surface area contributed by atoms with Crippen LogP contribution in [-0.4, -0.2) is 47.2 Å². The molecular formula is C16F26O. The van der Waals surface area contributed by atoms with E-state index >= 15 is 0 Å². The van der Waals surface area contributed by atoms with Gasteiger partial charge in [0, 0.05) is 0 Å². The lowest BCUT2D eigenvalue weighted by Gasteiger charge is -2.48. The molecular weight excluding hydrogens is 702 g/mol. The average Bonchev–Trinajstić information content (AvgIpc) is 2.81. The van der Waals surface area contributed by atoms with Crippen LogP contribution in [0.1, 0.15) is 0 Å². The summed E-state index contributed by atoms with van der Waals surface area (Å²) in [7, 11) is 0. The van der Waals surface area contributed by atoms with Gasteiger partial charge >= 0.3 is 60.4 Å². The summed E-state index contributed by atoms with van der Waals surface area (Å²) in [6.07, 6.45) is -38.3. The standard InChI is InChI=1S/C16F26O/c17-1(5(21)22)9(2(18)6(23)24,11(29,30)13(33,34)15(37,38)39)43-10(3(19)7(25)26,4(20)8(27)28)12(31,32)14(35,36)16(40,41)42. The molecule has 0 aromatic carbocycles. The largest absolute Gasteiger partial charge is 0.460 e. The number of hydrogen-bond acceptors (Lipinski definition) is 1. The fraction of sp³-hybridized carbons (Fsp3) is 0.500. The van der Waals surface area contributed by atoms with Crippen molar-refractivity contribution in [3.8, 4) is 0 Å². The molecule has 0 atom stereocenters. The van der Waals surface area contributed by atoms with Crippen LogP contribution in [0, 0.1) is 0 Å². The third-order valence-corrected chi connectivity index (χ3v) is 4.59. The average molecular weight is 702 g/mol. The molecule has 0 aliphatic carbocycles. The van der Waals surface area contributed by atoms with Crippen LogP contribution in [-0.2, 0) is 4.74 Å². The molecule has 0 fully saturated rings. The van der Waals surface area contributed by atoms with Crippen LogP contribution < -0.4 is 0 Å². The molecule has 0 aromatic heterocycles. The summed E-state index contributed by atoms with van der Waals surface area (Å²) >= 11 is 0. The third kappa shape index (κ3) is 5.71. The molecule has 0 radical (unpaired) electrons. The molecule has 0 unspecified atom stereocenters. The Morgan fingerprint density at radius 3 is 0.558 bits per heavy atom. The lowest BCUT2D eigenvalue weighted by molar-refractivity contribution is -0.420. The van der Waals surface area contributed by atoms with Gasteiger partial charge in [0.2, 0.25) is 23.3 Å². The van der Waals surface area contributed by atoms with E-state index in [1.807, 2.05) is 0 Å². The molecule has 0 saturated carbocycles. The van der Waals surface area contributed by atoms with Crippen molar-refractivity contribution in [3.05, 3.63) is 47.6 Å². The fourth-order valence-corrected chi connectivity index (χ4v) is 2.61. The highest BCUT2D eigenvalue weighted by molar-refractivity contribution is 5.40. The van der Waals surface area contributed by atoms with Gasteiger partial charge in [0.15, 0.2) is 0 Å². The Labute approximate surface area is 215 Å². The van der Waals surface area contributed by atoms with E-state index in [0.717, 1.165) is 0 Å². The zero-order chi connectivity index (χ0) is 35.3. The topological polar surface area (TPSA) is 9.23 Å². The molecule has 27 heteroatoms. The quantitative estimate of drug-likeness (QED) is 0.206. The van der Waals surface area contributed by atoms with E-state index in [1.54, 1.807) is 4.74 Å². The molecule has 0 aliphatic rings. The van der Waals surface area contributed by atoms with Gasteiger partial charge in [-0.1, -0.05) is 0 Å². The van der Waals surface area contributed by atoms with Crippen LogP contribution in [0.4, 0.5) is 114 Å². The Morgan fingerprint density at radius 1 is 0.279 bits per heavy atom. The summed E-state index contributed by atoms with van der Waals surface area (Å²) in [5, 5.41) is 0. The smallest absolute Gasteiger partial charge is 0.327 e. The van der Waals surface area contributed by atoms with Crippen molar-refractivity contribution in [2.75, 3.05) is 0 Å². The Kier molecular flexibility index (Phi) is 10.8. The minimum Gasteiger partial charge on any atom is -0.327 e. The van der Waals surface area contributed by atoms with Gasteiger partial charge in [0.05, 0.1) is 0 Å². The van der Waals surface area contributed by atoms with Crippen LogP contribution in [0.15, 0.2) is 47.6 Å². The Hall–Kier alpha value is -2.90. The third-order valence-electron chi connectivity index (χ3n) is 4.59. The van der Waals surface area contributed by atoms with Crippen molar-refractivity contribution in [2.24, 2.45) is 0 Å². The van der Waals surface area contributed by atoms with Gasteiger partial charge in [-0.15, -0.1) is 0 Å². The number of alkyl halides is 14. The highest BCUT2D eigenvalue weighted by Gasteiger charge is 2.90. The molecule has 0 spiro atoms. The first-order valence-electron chi connectivity index (χ1n) is 8.82. The molecule has 0 saturated heterocycles. The molecule has 43 heavy (non-hydrogen) atoms. The summed E-state index contributed by atoms with van der Waals surface area (Å²) < 4.78 is 350. The highest BCUT2D eigenvalue weighted by Crippen LogP contribution is 2.65. The maximum absolute atomic E-state index is 14.5. The van der Waals surface area contributed by atoms with E-state index in [1.165, 1.54) is 0 Å². The Morgan fingerprint density at radius 2 is 0.442 bits per heavy atom. The first-order chi connectivity index (χ1) is 18.6. The zero-order valence-electron chi connectivity index (χ0n) is 18.2. The van der Waals surface area contributed by atoms with Gasteiger partial charge in [0.1, 0.15) is 0 Å². The molecule has 1 nitrogen and oxygen atoms in total. The lowest BCUT2D eigenvalue weighted by atomic mass is 9.82. The van der Waals surface area contributed by atoms with Crippen molar-refractivity contribution in [1.82, 2.24) is 0 Å². The maximum atomic E-state index is 14.5. The predicted octanol–water partition coefficient (Wildman–Crippen LogP) is 10.5. The maximum Gasteiger partial charge on any atom is 0.460 e. The Balaban J connectivity index is 9.39. The summed E-state index contributed by atoms with van der Waals surface area (Å²) in [4.78, 5) is 0. The molecule has 252 valence electrons. The van der Waals surface area contributed by atoms with Crippen LogP contribution >= 0.6 is 0 Å². The van der Waals surface area contributed by atoms with Gasteiger partial charge in [-0.05, 0) is 0 Å². The molecule has 0 aromatic rings. The summed E-state index contributed by atoms with van der Waals surface area (Å²) in [5.41, 5.74) is -17.3. The predicted molar refractivity (Wildman–Crippen MR) is 79.8 cm³/mol. The van der Waals surface area contributed by atoms with Crippen molar-refractivity contribution in [3.63, 3.8) is 0 Å². The fourth-order valence-electron chi connectivity index (χ4n) is 2.61. The number of rotatable bonds is 10. The second-order valence-corrected chi connectivity index (χ2v) is 7.06. The zero-order valence-corrected chi connectivity index (χ0v) is 18.2. The molecule has 0 rings (SSSR count). The molecule has 0 aliphatic heterocycles. The first kappa shape index (κ1) is 40.1. The molecule has 0 N–H and O–H groups in total. The van der Waals surface area contributed by atoms with E-state index in [-0.39, 0.29) is 0 Å². The minimum absolute atomic E-state index is 1.70. The molecule has 0 bridgehead atoms. The van der Waals surface area contributed by atoms with Gasteiger partial charge < -0.3 is 4.74 Å². The number of hydrogen-bond donors (Lipinski definition) is 0. The van der Waals surface area contributed by atoms with E-state index < -0.39 is 94.9 Å². The van der Waals surface area contributed by atoms with E-state index in [9.17, 15) is 114 Å². The van der Waals surface area contributed by atoms with E-state index in [0.29, 0.717) is 0 Å².